The van der Waals surface area contributed by atoms with E-state index in [9.17, 15) is 0 Å². The summed E-state index contributed by atoms with van der Waals surface area (Å²) in [6, 6.07) is 52.3. The van der Waals surface area contributed by atoms with E-state index >= 15 is 0 Å². The predicted molar refractivity (Wildman–Crippen MR) is 188 cm³/mol. The van der Waals surface area contributed by atoms with Gasteiger partial charge >= 0.3 is 0 Å². The third kappa shape index (κ3) is 3.61. The zero-order valence-electron chi connectivity index (χ0n) is 24.6. The minimum Gasteiger partial charge on any atom is -0.456 e. The maximum atomic E-state index is 6.68. The Bertz CT molecular complexity index is 2760. The Morgan fingerprint density at radius 1 is 0.370 bits per heavy atom. The van der Waals surface area contributed by atoms with Crippen molar-refractivity contribution in [2.24, 2.45) is 0 Å². The summed E-state index contributed by atoms with van der Waals surface area (Å²) in [6.07, 6.45) is 0. The molecule has 0 aliphatic carbocycles. The van der Waals surface area contributed by atoms with E-state index in [1.165, 1.54) is 0 Å². The first-order chi connectivity index (χ1) is 22.8. The molecule has 0 bridgehead atoms. The van der Waals surface area contributed by atoms with E-state index in [-0.39, 0.29) is 0 Å². The average Bonchev–Trinajstić information content (AvgIpc) is 3.80. The molecule has 0 unspecified atom stereocenters. The van der Waals surface area contributed by atoms with Gasteiger partial charge in [0.2, 0.25) is 0 Å². The van der Waals surface area contributed by atoms with Crippen molar-refractivity contribution in [3.05, 3.63) is 152 Å². The summed E-state index contributed by atoms with van der Waals surface area (Å²) in [5.41, 5.74) is 10.1. The van der Waals surface area contributed by atoms with Crippen LogP contribution in [-0.2, 0) is 0 Å². The lowest BCUT2D eigenvalue weighted by atomic mass is 9.99. The molecular weight excluding hydrogens is 566 g/mol. The third-order valence-corrected chi connectivity index (χ3v) is 9.07. The molecule has 0 saturated heterocycles. The van der Waals surface area contributed by atoms with Crippen molar-refractivity contribution in [1.82, 2.24) is 0 Å². The van der Waals surface area contributed by atoms with Crippen molar-refractivity contribution < 1.29 is 13.3 Å². The van der Waals surface area contributed by atoms with Gasteiger partial charge in [0.05, 0.1) is 22.4 Å². The SMILES string of the molecule is c1ccc(-c2ccc(N(c3ccc4c(c3)oc3ccccc34)c3cccc4c3oc3ccccc34)c3c2oc2ccccc23)cc1. The summed E-state index contributed by atoms with van der Waals surface area (Å²) in [5, 5.41) is 6.43. The first kappa shape index (κ1) is 25.1. The zero-order valence-corrected chi connectivity index (χ0v) is 24.6. The van der Waals surface area contributed by atoms with E-state index in [1.54, 1.807) is 0 Å². The summed E-state index contributed by atoms with van der Waals surface area (Å²) in [7, 11) is 0. The topological polar surface area (TPSA) is 42.7 Å². The Labute approximate surface area is 263 Å². The van der Waals surface area contributed by atoms with Gasteiger partial charge in [-0.05, 0) is 54.1 Å². The van der Waals surface area contributed by atoms with Gasteiger partial charge < -0.3 is 18.2 Å². The molecule has 46 heavy (non-hydrogen) atoms. The van der Waals surface area contributed by atoms with Crippen LogP contribution in [0, 0.1) is 0 Å². The number of rotatable bonds is 4. The van der Waals surface area contributed by atoms with Crippen LogP contribution in [0.1, 0.15) is 0 Å². The molecule has 0 radical (unpaired) electrons. The zero-order chi connectivity index (χ0) is 30.2. The number of benzene rings is 7. The average molecular weight is 592 g/mol. The standard InChI is InChI=1S/C42H25NO3/c1-2-11-26(12-3-1)28-23-24-34(40-33-15-6-9-20-38(33)46-42(28)40)43(27-21-22-31-29-13-4-7-18-36(29)44-39(31)25-27)35-17-10-16-32-30-14-5-8-19-37(30)45-41(32)35/h1-25H. The highest BCUT2D eigenvalue weighted by molar-refractivity contribution is 6.19. The van der Waals surface area contributed by atoms with Crippen LogP contribution in [0.4, 0.5) is 17.1 Å². The molecule has 10 rings (SSSR count). The van der Waals surface area contributed by atoms with E-state index in [0.717, 1.165) is 94.0 Å². The molecule has 0 fully saturated rings. The minimum atomic E-state index is 0.821. The molecule has 3 aromatic heterocycles. The van der Waals surface area contributed by atoms with Crippen molar-refractivity contribution in [3.8, 4) is 11.1 Å². The third-order valence-electron chi connectivity index (χ3n) is 9.07. The van der Waals surface area contributed by atoms with Crippen LogP contribution >= 0.6 is 0 Å². The summed E-state index contributed by atoms with van der Waals surface area (Å²) in [5.74, 6) is 0. The van der Waals surface area contributed by atoms with Crippen molar-refractivity contribution in [2.45, 2.75) is 0 Å². The first-order valence-electron chi connectivity index (χ1n) is 15.4. The highest BCUT2D eigenvalue weighted by atomic mass is 16.3. The van der Waals surface area contributed by atoms with E-state index in [2.05, 4.69) is 114 Å². The van der Waals surface area contributed by atoms with Crippen LogP contribution in [0.3, 0.4) is 0 Å². The highest BCUT2D eigenvalue weighted by Gasteiger charge is 2.25. The smallest absolute Gasteiger partial charge is 0.159 e. The highest BCUT2D eigenvalue weighted by Crippen LogP contribution is 2.49. The van der Waals surface area contributed by atoms with Gasteiger partial charge in [0, 0.05) is 38.6 Å². The second-order valence-corrected chi connectivity index (χ2v) is 11.7. The summed E-state index contributed by atoms with van der Waals surface area (Å²) >= 11 is 0. The fraction of sp³-hybridized carbons (Fsp3) is 0. The molecule has 10 aromatic rings. The molecule has 216 valence electrons. The largest absolute Gasteiger partial charge is 0.456 e. The quantitative estimate of drug-likeness (QED) is 0.204. The molecule has 0 amide bonds. The number of hydrogen-bond acceptors (Lipinski definition) is 4. The second kappa shape index (κ2) is 9.62. The van der Waals surface area contributed by atoms with Crippen molar-refractivity contribution in [1.29, 1.82) is 0 Å². The van der Waals surface area contributed by atoms with Crippen molar-refractivity contribution in [2.75, 3.05) is 4.90 Å². The summed E-state index contributed by atoms with van der Waals surface area (Å²) < 4.78 is 19.7. The van der Waals surface area contributed by atoms with Gasteiger partial charge in [-0.25, -0.2) is 0 Å². The first-order valence-corrected chi connectivity index (χ1v) is 15.4. The van der Waals surface area contributed by atoms with E-state index in [1.807, 2.05) is 42.5 Å². The second-order valence-electron chi connectivity index (χ2n) is 11.7. The Morgan fingerprint density at radius 2 is 0.978 bits per heavy atom. The predicted octanol–water partition coefficient (Wildman–Crippen LogP) is 12.5. The lowest BCUT2D eigenvalue weighted by Crippen LogP contribution is -2.10. The normalized spacial score (nSPS) is 11.9. The van der Waals surface area contributed by atoms with Gasteiger partial charge in [-0.1, -0.05) is 97.1 Å². The number of fused-ring (bicyclic) bond motifs is 9. The molecule has 0 aliphatic heterocycles. The van der Waals surface area contributed by atoms with E-state index < -0.39 is 0 Å². The maximum absolute atomic E-state index is 6.68. The fourth-order valence-electron chi connectivity index (χ4n) is 7.01. The lowest BCUT2D eigenvalue weighted by molar-refractivity contribution is 0.667. The lowest BCUT2D eigenvalue weighted by Gasteiger charge is -2.26. The molecule has 0 saturated carbocycles. The monoisotopic (exact) mass is 591 g/mol. The fourth-order valence-corrected chi connectivity index (χ4v) is 7.01. The molecule has 4 nitrogen and oxygen atoms in total. The van der Waals surface area contributed by atoms with E-state index in [0.29, 0.717) is 0 Å². The molecule has 4 heteroatoms. The number of nitrogens with zero attached hydrogens (tertiary/aromatic N) is 1. The van der Waals surface area contributed by atoms with Crippen LogP contribution in [0.15, 0.2) is 165 Å². The van der Waals surface area contributed by atoms with Gasteiger partial charge in [0.15, 0.2) is 5.58 Å². The van der Waals surface area contributed by atoms with Gasteiger partial charge in [-0.2, -0.15) is 0 Å². The van der Waals surface area contributed by atoms with E-state index in [4.69, 9.17) is 13.3 Å². The van der Waals surface area contributed by atoms with Gasteiger partial charge in [-0.3, -0.25) is 0 Å². The van der Waals surface area contributed by atoms with Crippen LogP contribution in [0.5, 0.6) is 0 Å². The van der Waals surface area contributed by atoms with Crippen LogP contribution in [-0.4, -0.2) is 0 Å². The minimum absolute atomic E-state index is 0.821. The number of furan rings is 3. The molecule has 3 heterocycles. The number of hydrogen-bond donors (Lipinski definition) is 0. The maximum Gasteiger partial charge on any atom is 0.159 e. The van der Waals surface area contributed by atoms with Gasteiger partial charge in [0.1, 0.15) is 27.9 Å². The molecule has 7 aromatic carbocycles. The van der Waals surface area contributed by atoms with Crippen LogP contribution in [0.25, 0.3) is 76.9 Å². The molecule has 0 spiro atoms. The Morgan fingerprint density at radius 3 is 1.78 bits per heavy atom. The Hall–Kier alpha value is -6.26. The van der Waals surface area contributed by atoms with Crippen molar-refractivity contribution >= 4 is 82.9 Å². The summed E-state index contributed by atoms with van der Waals surface area (Å²) in [4.78, 5) is 2.29. The number of anilines is 3. The Kier molecular flexibility index (Phi) is 5.25. The molecular formula is C42H25NO3. The van der Waals surface area contributed by atoms with Crippen LogP contribution in [0.2, 0.25) is 0 Å². The van der Waals surface area contributed by atoms with Crippen LogP contribution < -0.4 is 4.90 Å². The Balaban J connectivity index is 1.32. The number of para-hydroxylation sites is 4. The van der Waals surface area contributed by atoms with Crippen molar-refractivity contribution in [3.63, 3.8) is 0 Å². The molecule has 0 N–H and O–H groups in total. The van der Waals surface area contributed by atoms with Gasteiger partial charge in [-0.15, -0.1) is 0 Å². The summed E-state index contributed by atoms with van der Waals surface area (Å²) in [6.45, 7) is 0. The van der Waals surface area contributed by atoms with Gasteiger partial charge in [0.25, 0.3) is 0 Å². The molecule has 0 aliphatic rings. The molecule has 0 atom stereocenters.